The van der Waals surface area contributed by atoms with Crippen molar-refractivity contribution in [2.24, 2.45) is 0 Å². The molecule has 2 aromatic carbocycles. The lowest BCUT2D eigenvalue weighted by molar-refractivity contribution is -0.384. The summed E-state index contributed by atoms with van der Waals surface area (Å²) in [5, 5.41) is 11.0. The molecule has 1 amide bonds. The van der Waals surface area contributed by atoms with E-state index < -0.39 is 74.2 Å². The number of non-ortho nitro benzene ring substituents is 1. The Morgan fingerprint density at radius 1 is 0.854 bits per heavy atom. The van der Waals surface area contributed by atoms with Crippen LogP contribution in [0.4, 0.5) is 33.2 Å². The number of hydrogen-bond donors (Lipinski definition) is 0. The molecule has 48 heavy (non-hydrogen) atoms. The number of nitro benzene ring substituents is 1. The van der Waals surface area contributed by atoms with Crippen LogP contribution >= 0.6 is 0 Å². The number of nitro groups is 1. The van der Waals surface area contributed by atoms with Crippen molar-refractivity contribution < 1.29 is 68.8 Å². The third-order valence-corrected chi connectivity index (χ3v) is 7.11. The molecule has 1 aliphatic heterocycles. The lowest BCUT2D eigenvalue weighted by Crippen LogP contribution is -2.45. The van der Waals surface area contributed by atoms with E-state index in [0.29, 0.717) is 5.56 Å². The average molecular weight is 707 g/mol. The predicted octanol–water partition coefficient (Wildman–Crippen LogP) is 5.89. The molecule has 0 N–H and O–H groups in total. The van der Waals surface area contributed by atoms with Gasteiger partial charge >= 0.3 is 34.0 Å². The average Bonchev–Trinajstić information content (AvgIpc) is 3.23. The summed E-state index contributed by atoms with van der Waals surface area (Å²) < 4.78 is 92.1. The second kappa shape index (κ2) is 14.1. The smallest absolute Gasteiger partial charge is 0.444 e. The first-order chi connectivity index (χ1) is 21.9. The van der Waals surface area contributed by atoms with Crippen molar-refractivity contribution in [2.75, 3.05) is 6.54 Å². The maximum Gasteiger partial charge on any atom is 0.534 e. The van der Waals surface area contributed by atoms with E-state index in [1.807, 2.05) is 0 Å². The van der Waals surface area contributed by atoms with Gasteiger partial charge in [-0.25, -0.2) is 14.4 Å². The first-order valence-corrected chi connectivity index (χ1v) is 15.5. The number of ether oxygens (including phenoxy) is 5. The van der Waals surface area contributed by atoms with Gasteiger partial charge in [-0.05, 0) is 77.8 Å². The number of rotatable bonds is 8. The first-order valence-electron chi connectivity index (χ1n) is 14.1. The number of benzene rings is 2. The Kier molecular flexibility index (Phi) is 11.1. The highest BCUT2D eigenvalue weighted by molar-refractivity contribution is 7.88. The van der Waals surface area contributed by atoms with E-state index in [9.17, 15) is 46.1 Å². The molecule has 1 heterocycles. The highest BCUT2D eigenvalue weighted by Crippen LogP contribution is 2.32. The van der Waals surface area contributed by atoms with Crippen molar-refractivity contribution >= 4 is 34.2 Å². The van der Waals surface area contributed by atoms with Crippen LogP contribution in [0.1, 0.15) is 47.1 Å². The summed E-state index contributed by atoms with van der Waals surface area (Å²) in [6.07, 6.45) is -6.43. The fraction of sp³-hybridized carbons (Fsp3) is 0.483. The van der Waals surface area contributed by atoms with Crippen molar-refractivity contribution in [2.45, 2.75) is 82.9 Å². The summed E-state index contributed by atoms with van der Waals surface area (Å²) in [5.41, 5.74) is -7.65. The van der Waals surface area contributed by atoms with Crippen LogP contribution < -0.4 is 8.92 Å². The standard InChI is InChI=1S/C29H33F3N2O13S/c1-27(2,3)45-24(35)33-16-22(43-26(37)46-28(4,5)6)23(44-25(36)42-19-13-9-18(10-14-19)34(38)39)21(33)15-17-7-11-20(12-8-17)47-48(40,41)29(30,31)32/h7-14,21-23H,15-16H2,1-6H3/t21-,22+,23+/m1/s1. The van der Waals surface area contributed by atoms with Gasteiger partial charge in [-0.2, -0.15) is 21.6 Å². The van der Waals surface area contributed by atoms with Crippen molar-refractivity contribution in [3.63, 3.8) is 0 Å². The number of halogens is 3. The molecular formula is C29H33F3N2O13S. The molecule has 3 rings (SSSR count). The zero-order chi connectivity index (χ0) is 36.2. The van der Waals surface area contributed by atoms with Crippen LogP contribution in [-0.4, -0.2) is 78.1 Å². The minimum atomic E-state index is -5.94. The van der Waals surface area contributed by atoms with Crippen LogP contribution in [0.15, 0.2) is 48.5 Å². The van der Waals surface area contributed by atoms with Crippen molar-refractivity contribution in [3.05, 3.63) is 64.2 Å². The minimum Gasteiger partial charge on any atom is -0.444 e. The van der Waals surface area contributed by atoms with Crippen molar-refractivity contribution in [3.8, 4) is 11.5 Å². The van der Waals surface area contributed by atoms with Gasteiger partial charge in [0.1, 0.15) is 22.7 Å². The highest BCUT2D eigenvalue weighted by Gasteiger charge is 2.51. The summed E-state index contributed by atoms with van der Waals surface area (Å²) >= 11 is 0. The van der Waals surface area contributed by atoms with E-state index in [0.717, 1.165) is 41.3 Å². The van der Waals surface area contributed by atoms with Crippen LogP contribution in [-0.2, 0) is 35.5 Å². The third kappa shape index (κ3) is 10.6. The van der Waals surface area contributed by atoms with E-state index in [1.165, 1.54) is 12.1 Å². The van der Waals surface area contributed by atoms with Crippen molar-refractivity contribution in [1.29, 1.82) is 0 Å². The number of alkyl halides is 3. The van der Waals surface area contributed by atoms with Crippen molar-refractivity contribution in [1.82, 2.24) is 4.90 Å². The van der Waals surface area contributed by atoms with Gasteiger partial charge in [-0.15, -0.1) is 0 Å². The number of likely N-dealkylation sites (tertiary alicyclic amines) is 1. The molecule has 0 bridgehead atoms. The Labute approximate surface area is 273 Å². The SMILES string of the molecule is CC(C)(C)OC(=O)O[C@H]1CN(C(=O)OC(C)(C)C)[C@H](Cc2ccc(OS(=O)(=O)C(F)(F)F)cc2)[C@@H]1OC(=O)Oc1ccc([N+](=O)[O-])cc1. The van der Waals surface area contributed by atoms with Crippen LogP contribution in [0, 0.1) is 10.1 Å². The van der Waals surface area contributed by atoms with Gasteiger partial charge in [0.05, 0.1) is 17.5 Å². The van der Waals surface area contributed by atoms with Gasteiger partial charge < -0.3 is 27.9 Å². The van der Waals surface area contributed by atoms with E-state index in [1.54, 1.807) is 41.5 Å². The van der Waals surface area contributed by atoms with E-state index in [4.69, 9.17) is 23.7 Å². The number of nitrogens with zero attached hydrogens (tertiary/aromatic N) is 2. The van der Waals surface area contributed by atoms with E-state index in [2.05, 4.69) is 4.18 Å². The van der Waals surface area contributed by atoms with Gasteiger partial charge in [-0.1, -0.05) is 12.1 Å². The molecule has 15 nitrogen and oxygen atoms in total. The molecule has 0 radical (unpaired) electrons. The molecule has 0 unspecified atom stereocenters. The second-order valence-corrected chi connectivity index (χ2v) is 13.9. The Balaban J connectivity index is 1.96. The summed E-state index contributed by atoms with van der Waals surface area (Å²) in [6.45, 7) is 9.11. The molecule has 264 valence electrons. The van der Waals surface area contributed by atoms with Crippen LogP contribution in [0.3, 0.4) is 0 Å². The number of hydrogen-bond acceptors (Lipinski definition) is 13. The summed E-state index contributed by atoms with van der Waals surface area (Å²) in [7, 11) is -5.94. The quantitative estimate of drug-likeness (QED) is 0.0602. The Hall–Kier alpha value is -4.81. The molecule has 0 aromatic heterocycles. The molecule has 1 aliphatic rings. The molecule has 0 spiro atoms. The monoisotopic (exact) mass is 706 g/mol. The Bertz CT molecular complexity index is 1600. The summed E-state index contributed by atoms with van der Waals surface area (Å²) in [6, 6.07) is 7.57. The Morgan fingerprint density at radius 2 is 1.40 bits per heavy atom. The summed E-state index contributed by atoms with van der Waals surface area (Å²) in [5.74, 6) is -0.796. The molecule has 0 saturated carbocycles. The van der Waals surface area contributed by atoms with Gasteiger partial charge in [-0.3, -0.25) is 15.0 Å². The molecule has 1 fully saturated rings. The van der Waals surface area contributed by atoms with Crippen LogP contribution in [0.25, 0.3) is 0 Å². The first kappa shape index (κ1) is 37.6. The summed E-state index contributed by atoms with van der Waals surface area (Å²) in [4.78, 5) is 50.4. The molecule has 2 aromatic rings. The normalized spacial score (nSPS) is 18.4. The molecular weight excluding hydrogens is 673 g/mol. The third-order valence-electron chi connectivity index (χ3n) is 6.13. The van der Waals surface area contributed by atoms with E-state index in [-0.39, 0.29) is 24.4 Å². The fourth-order valence-corrected chi connectivity index (χ4v) is 4.69. The number of carbonyl (C=O) groups is 3. The molecule has 0 aliphatic carbocycles. The zero-order valence-electron chi connectivity index (χ0n) is 26.5. The van der Waals surface area contributed by atoms with Crippen LogP contribution in [0.5, 0.6) is 11.5 Å². The lowest BCUT2D eigenvalue weighted by atomic mass is 10.0. The number of carbonyl (C=O) groups excluding carboxylic acids is 3. The minimum absolute atomic E-state index is 0.141. The lowest BCUT2D eigenvalue weighted by Gasteiger charge is -2.30. The zero-order valence-corrected chi connectivity index (χ0v) is 27.3. The van der Waals surface area contributed by atoms with Gasteiger partial charge in [0.2, 0.25) is 0 Å². The predicted molar refractivity (Wildman–Crippen MR) is 158 cm³/mol. The van der Waals surface area contributed by atoms with E-state index >= 15 is 0 Å². The maximum atomic E-state index is 13.3. The van der Waals surface area contributed by atoms with Crippen LogP contribution in [0.2, 0.25) is 0 Å². The number of amides is 1. The van der Waals surface area contributed by atoms with Gasteiger partial charge in [0.25, 0.3) is 5.69 Å². The maximum absolute atomic E-state index is 13.3. The molecule has 19 heteroatoms. The largest absolute Gasteiger partial charge is 0.534 e. The van der Waals surface area contributed by atoms with Gasteiger partial charge in [0, 0.05) is 12.1 Å². The second-order valence-electron chi connectivity index (χ2n) is 12.3. The molecule has 1 saturated heterocycles. The Morgan fingerprint density at radius 3 is 1.90 bits per heavy atom. The topological polar surface area (TPSA) is 187 Å². The molecule has 3 atom stereocenters. The highest BCUT2D eigenvalue weighted by atomic mass is 32.2. The fourth-order valence-electron chi connectivity index (χ4n) is 4.24. The van der Waals surface area contributed by atoms with Gasteiger partial charge in [0.15, 0.2) is 12.2 Å².